The molecule has 21 heavy (non-hydrogen) atoms. The highest BCUT2D eigenvalue weighted by molar-refractivity contribution is 5.77. The van der Waals surface area contributed by atoms with E-state index in [0.29, 0.717) is 6.42 Å². The lowest BCUT2D eigenvalue weighted by Crippen LogP contribution is -2.54. The van der Waals surface area contributed by atoms with Crippen molar-refractivity contribution in [2.45, 2.75) is 37.8 Å². The summed E-state index contributed by atoms with van der Waals surface area (Å²) in [5.41, 5.74) is 7.06. The predicted octanol–water partition coefficient (Wildman–Crippen LogP) is 0.997. The first-order valence-corrected chi connectivity index (χ1v) is 7.84. The van der Waals surface area contributed by atoms with Crippen LogP contribution in [0.1, 0.15) is 31.4 Å². The molecule has 2 fully saturated rings. The van der Waals surface area contributed by atoms with Gasteiger partial charge in [-0.3, -0.25) is 14.7 Å². The number of pyridine rings is 1. The third-order valence-corrected chi connectivity index (χ3v) is 4.69. The molecule has 114 valence electrons. The molecule has 0 radical (unpaired) electrons. The van der Waals surface area contributed by atoms with E-state index in [0.717, 1.165) is 51.3 Å². The molecule has 0 aromatic carbocycles. The molecule has 2 aliphatic rings. The fourth-order valence-corrected chi connectivity index (χ4v) is 3.10. The van der Waals surface area contributed by atoms with Crippen molar-refractivity contribution < 1.29 is 4.79 Å². The van der Waals surface area contributed by atoms with Gasteiger partial charge in [-0.05, 0) is 31.4 Å². The Morgan fingerprint density at radius 3 is 2.57 bits per heavy atom. The van der Waals surface area contributed by atoms with Gasteiger partial charge >= 0.3 is 0 Å². The summed E-state index contributed by atoms with van der Waals surface area (Å²) < 4.78 is 0. The fourth-order valence-electron chi connectivity index (χ4n) is 3.10. The molecule has 3 rings (SSSR count). The van der Waals surface area contributed by atoms with E-state index in [9.17, 15) is 4.79 Å². The minimum atomic E-state index is -0.206. The van der Waals surface area contributed by atoms with E-state index in [1.54, 1.807) is 0 Å². The van der Waals surface area contributed by atoms with Crippen molar-refractivity contribution in [2.75, 3.05) is 26.2 Å². The van der Waals surface area contributed by atoms with Gasteiger partial charge < -0.3 is 10.6 Å². The van der Waals surface area contributed by atoms with E-state index < -0.39 is 0 Å². The van der Waals surface area contributed by atoms with E-state index >= 15 is 0 Å². The minimum Gasteiger partial charge on any atom is -0.340 e. The Balaban J connectivity index is 1.45. The molecule has 2 heterocycles. The first-order chi connectivity index (χ1) is 10.1. The van der Waals surface area contributed by atoms with Gasteiger partial charge in [0.05, 0.1) is 5.69 Å². The molecule has 5 heteroatoms. The van der Waals surface area contributed by atoms with Gasteiger partial charge in [-0.1, -0.05) is 6.07 Å². The highest BCUT2D eigenvalue weighted by Gasteiger charge is 2.36. The molecule has 0 bridgehead atoms. The summed E-state index contributed by atoms with van der Waals surface area (Å²) in [7, 11) is 0. The Labute approximate surface area is 126 Å². The van der Waals surface area contributed by atoms with Gasteiger partial charge in [-0.25, -0.2) is 0 Å². The Hall–Kier alpha value is -1.46. The molecular formula is C16H24N4O. The molecule has 5 nitrogen and oxygen atoms in total. The van der Waals surface area contributed by atoms with Gasteiger partial charge in [0.1, 0.15) is 0 Å². The topological polar surface area (TPSA) is 62.5 Å². The van der Waals surface area contributed by atoms with Crippen LogP contribution in [0.15, 0.2) is 24.4 Å². The van der Waals surface area contributed by atoms with Gasteiger partial charge in [-0.15, -0.1) is 0 Å². The van der Waals surface area contributed by atoms with Crippen LogP contribution in [0.5, 0.6) is 0 Å². The van der Waals surface area contributed by atoms with Gasteiger partial charge in [-0.2, -0.15) is 0 Å². The van der Waals surface area contributed by atoms with Gasteiger partial charge in [0.25, 0.3) is 0 Å². The average Bonchev–Trinajstić information content (AvgIpc) is 2.47. The Kier molecular flexibility index (Phi) is 4.22. The molecule has 1 amide bonds. The van der Waals surface area contributed by atoms with E-state index in [2.05, 4.69) is 9.88 Å². The van der Waals surface area contributed by atoms with Crippen LogP contribution in [0.2, 0.25) is 0 Å². The second-order valence-corrected chi connectivity index (χ2v) is 6.37. The molecule has 1 saturated heterocycles. The molecule has 0 unspecified atom stereocenters. The lowest BCUT2D eigenvalue weighted by molar-refractivity contribution is -0.135. The lowest BCUT2D eigenvalue weighted by Gasteiger charge is -2.40. The van der Waals surface area contributed by atoms with Crippen molar-refractivity contribution >= 4 is 5.91 Å². The second-order valence-electron chi connectivity index (χ2n) is 6.37. The predicted molar refractivity (Wildman–Crippen MR) is 81.5 cm³/mol. The maximum Gasteiger partial charge on any atom is 0.224 e. The number of rotatable bonds is 4. The molecule has 1 aliphatic heterocycles. The van der Waals surface area contributed by atoms with Gasteiger partial charge in [0.2, 0.25) is 5.91 Å². The number of hydrogen-bond donors (Lipinski definition) is 1. The van der Waals surface area contributed by atoms with Crippen LogP contribution >= 0.6 is 0 Å². The minimum absolute atomic E-state index is 0.206. The highest BCUT2D eigenvalue weighted by atomic mass is 16.2. The maximum atomic E-state index is 12.3. The number of amides is 1. The van der Waals surface area contributed by atoms with Crippen molar-refractivity contribution in [3.63, 3.8) is 0 Å². The Morgan fingerprint density at radius 1 is 1.24 bits per heavy atom. The molecule has 1 saturated carbocycles. The first kappa shape index (κ1) is 14.5. The summed E-state index contributed by atoms with van der Waals surface area (Å²) in [5, 5.41) is 0. The monoisotopic (exact) mass is 288 g/mol. The standard InChI is InChI=1S/C16H24N4O/c17-16(5-3-6-16)12-15(21)20-10-8-19(9-11-20)13-14-4-1-2-7-18-14/h1-2,4,7H,3,5-6,8-13,17H2. The lowest BCUT2D eigenvalue weighted by atomic mass is 9.75. The van der Waals surface area contributed by atoms with Crippen molar-refractivity contribution in [1.82, 2.24) is 14.8 Å². The molecule has 1 aromatic rings. The number of nitrogens with two attached hydrogens (primary N) is 1. The zero-order chi connectivity index (χ0) is 14.7. The van der Waals surface area contributed by atoms with Crippen molar-refractivity contribution in [3.8, 4) is 0 Å². The van der Waals surface area contributed by atoms with Crippen molar-refractivity contribution in [1.29, 1.82) is 0 Å². The highest BCUT2D eigenvalue weighted by Crippen LogP contribution is 2.32. The zero-order valence-electron chi connectivity index (χ0n) is 12.5. The quantitative estimate of drug-likeness (QED) is 0.898. The van der Waals surface area contributed by atoms with E-state index in [1.807, 2.05) is 29.3 Å². The normalized spacial score (nSPS) is 21.9. The smallest absolute Gasteiger partial charge is 0.224 e. The molecule has 1 aromatic heterocycles. The molecule has 0 atom stereocenters. The maximum absolute atomic E-state index is 12.3. The summed E-state index contributed by atoms with van der Waals surface area (Å²) in [6.45, 7) is 4.31. The van der Waals surface area contributed by atoms with E-state index in [-0.39, 0.29) is 11.4 Å². The van der Waals surface area contributed by atoms with Crippen LogP contribution in [0.3, 0.4) is 0 Å². The largest absolute Gasteiger partial charge is 0.340 e. The van der Waals surface area contributed by atoms with Gasteiger partial charge in [0, 0.05) is 50.9 Å². The van der Waals surface area contributed by atoms with Crippen molar-refractivity contribution in [3.05, 3.63) is 30.1 Å². The number of piperazine rings is 1. The van der Waals surface area contributed by atoms with Crippen LogP contribution in [0.25, 0.3) is 0 Å². The molecule has 0 spiro atoms. The number of hydrogen-bond acceptors (Lipinski definition) is 4. The van der Waals surface area contributed by atoms with E-state index in [4.69, 9.17) is 5.73 Å². The van der Waals surface area contributed by atoms with Crippen LogP contribution in [0, 0.1) is 0 Å². The summed E-state index contributed by atoms with van der Waals surface area (Å²) >= 11 is 0. The molecular weight excluding hydrogens is 264 g/mol. The van der Waals surface area contributed by atoms with Crippen LogP contribution < -0.4 is 5.73 Å². The third kappa shape index (κ3) is 3.60. The van der Waals surface area contributed by atoms with E-state index in [1.165, 1.54) is 6.42 Å². The Morgan fingerprint density at radius 2 is 2.00 bits per heavy atom. The van der Waals surface area contributed by atoms with Crippen LogP contribution in [0.4, 0.5) is 0 Å². The summed E-state index contributed by atoms with van der Waals surface area (Å²) in [5.74, 6) is 0.231. The van der Waals surface area contributed by atoms with Crippen LogP contribution in [-0.2, 0) is 11.3 Å². The molecule has 1 aliphatic carbocycles. The first-order valence-electron chi connectivity index (χ1n) is 7.84. The Bertz CT molecular complexity index is 478. The summed E-state index contributed by atoms with van der Waals surface area (Å²) in [4.78, 5) is 21.0. The van der Waals surface area contributed by atoms with Crippen molar-refractivity contribution in [2.24, 2.45) is 5.73 Å². The van der Waals surface area contributed by atoms with Gasteiger partial charge in [0.15, 0.2) is 0 Å². The SMILES string of the molecule is NC1(CC(=O)N2CCN(Cc3ccccn3)CC2)CCC1. The average molecular weight is 288 g/mol. The summed E-state index contributed by atoms with van der Waals surface area (Å²) in [6.07, 6.45) is 5.51. The number of carbonyl (C=O) groups excluding carboxylic acids is 1. The third-order valence-electron chi connectivity index (χ3n) is 4.69. The second kappa shape index (κ2) is 6.12. The number of aromatic nitrogens is 1. The molecule has 2 N–H and O–H groups in total. The zero-order valence-corrected chi connectivity index (χ0v) is 12.5. The fraction of sp³-hybridized carbons (Fsp3) is 0.625. The number of carbonyl (C=O) groups is 1. The van der Waals surface area contributed by atoms with Crippen LogP contribution in [-0.4, -0.2) is 52.4 Å². The number of nitrogens with zero attached hydrogens (tertiary/aromatic N) is 3. The summed E-state index contributed by atoms with van der Waals surface area (Å²) in [6, 6.07) is 6.00.